The van der Waals surface area contributed by atoms with Gasteiger partial charge in [-0.2, -0.15) is 5.10 Å². The molecule has 0 aliphatic rings. The second-order valence-electron chi connectivity index (χ2n) is 5.58. The van der Waals surface area contributed by atoms with Crippen LogP contribution in [0.2, 0.25) is 10.0 Å². The van der Waals surface area contributed by atoms with E-state index in [4.69, 9.17) is 23.2 Å². The molecule has 3 nitrogen and oxygen atoms in total. The van der Waals surface area contributed by atoms with Crippen molar-refractivity contribution in [3.8, 4) is 5.69 Å². The van der Waals surface area contributed by atoms with Gasteiger partial charge in [-0.3, -0.25) is 4.79 Å². The SMILES string of the molecule is C=CCC(C(=O)c1ccnn1-c1ccccc1)c1ccc(Cl)c(Cl)c1. The lowest BCUT2D eigenvalue weighted by Gasteiger charge is -2.16. The Labute approximate surface area is 156 Å². The zero-order valence-corrected chi connectivity index (χ0v) is 14.9. The molecule has 0 aliphatic carbocycles. The van der Waals surface area contributed by atoms with Crippen molar-refractivity contribution >= 4 is 29.0 Å². The Bertz CT molecular complexity index is 903. The quantitative estimate of drug-likeness (QED) is 0.410. The van der Waals surface area contributed by atoms with E-state index in [0.29, 0.717) is 22.2 Å². The van der Waals surface area contributed by atoms with Crippen LogP contribution in [0.4, 0.5) is 0 Å². The van der Waals surface area contributed by atoms with Gasteiger partial charge < -0.3 is 0 Å². The molecular weight excluding hydrogens is 355 g/mol. The number of carbonyl (C=O) groups excluding carboxylic acids is 1. The lowest BCUT2D eigenvalue weighted by atomic mass is 9.90. The largest absolute Gasteiger partial charge is 0.292 e. The van der Waals surface area contributed by atoms with Crippen LogP contribution in [0, 0.1) is 0 Å². The summed E-state index contributed by atoms with van der Waals surface area (Å²) in [5, 5.41) is 5.19. The van der Waals surface area contributed by atoms with Gasteiger partial charge >= 0.3 is 0 Å². The Kier molecular flexibility index (Phi) is 5.37. The smallest absolute Gasteiger partial charge is 0.189 e. The number of benzene rings is 2. The Morgan fingerprint density at radius 3 is 2.56 bits per heavy atom. The Hall–Kier alpha value is -2.36. The Morgan fingerprint density at radius 1 is 1.12 bits per heavy atom. The fourth-order valence-corrected chi connectivity index (χ4v) is 3.04. The summed E-state index contributed by atoms with van der Waals surface area (Å²) < 4.78 is 1.65. The van der Waals surface area contributed by atoms with Crippen molar-refractivity contribution < 1.29 is 4.79 Å². The number of Topliss-reactive ketones (excluding diaryl/α,β-unsaturated/α-hetero) is 1. The molecule has 0 fully saturated rings. The summed E-state index contributed by atoms with van der Waals surface area (Å²) >= 11 is 12.1. The number of para-hydroxylation sites is 1. The topological polar surface area (TPSA) is 34.9 Å². The summed E-state index contributed by atoms with van der Waals surface area (Å²) in [6.07, 6.45) is 3.85. The van der Waals surface area contributed by atoms with Crippen molar-refractivity contribution in [3.63, 3.8) is 0 Å². The molecule has 5 heteroatoms. The highest BCUT2D eigenvalue weighted by molar-refractivity contribution is 6.42. The Morgan fingerprint density at radius 2 is 1.88 bits per heavy atom. The van der Waals surface area contributed by atoms with Crippen molar-refractivity contribution in [1.29, 1.82) is 0 Å². The minimum absolute atomic E-state index is 0.0420. The maximum absolute atomic E-state index is 13.2. The number of carbonyl (C=O) groups is 1. The van der Waals surface area contributed by atoms with E-state index in [9.17, 15) is 4.79 Å². The molecule has 0 amide bonds. The van der Waals surface area contributed by atoms with Crippen molar-refractivity contribution in [2.75, 3.05) is 0 Å². The van der Waals surface area contributed by atoms with Gasteiger partial charge in [-0.15, -0.1) is 6.58 Å². The van der Waals surface area contributed by atoms with Crippen LogP contribution < -0.4 is 0 Å². The van der Waals surface area contributed by atoms with Gasteiger partial charge in [0.15, 0.2) is 5.78 Å². The first kappa shape index (κ1) is 17.5. The third-order valence-corrected chi connectivity index (χ3v) is 4.70. The number of ketones is 1. The summed E-state index contributed by atoms with van der Waals surface area (Å²) in [6, 6.07) is 16.5. The van der Waals surface area contributed by atoms with Gasteiger partial charge in [0.25, 0.3) is 0 Å². The zero-order chi connectivity index (χ0) is 17.8. The second-order valence-corrected chi connectivity index (χ2v) is 6.39. The molecule has 0 spiro atoms. The van der Waals surface area contributed by atoms with Crippen molar-refractivity contribution in [2.45, 2.75) is 12.3 Å². The fourth-order valence-electron chi connectivity index (χ4n) is 2.73. The maximum Gasteiger partial charge on any atom is 0.189 e. The van der Waals surface area contributed by atoms with Gasteiger partial charge in [-0.1, -0.05) is 53.5 Å². The van der Waals surface area contributed by atoms with E-state index in [1.165, 1.54) is 0 Å². The number of halogens is 2. The molecule has 25 heavy (non-hydrogen) atoms. The monoisotopic (exact) mass is 370 g/mol. The second kappa shape index (κ2) is 7.68. The average Bonchev–Trinajstić information content (AvgIpc) is 3.12. The summed E-state index contributed by atoms with van der Waals surface area (Å²) in [6.45, 7) is 3.78. The number of nitrogens with zero attached hydrogens (tertiary/aromatic N) is 2. The first-order valence-corrected chi connectivity index (χ1v) is 8.57. The van der Waals surface area contributed by atoms with Crippen molar-refractivity contribution in [2.24, 2.45) is 0 Å². The van der Waals surface area contributed by atoms with Gasteiger partial charge in [0.1, 0.15) is 5.69 Å². The van der Waals surface area contributed by atoms with Crippen molar-refractivity contribution in [1.82, 2.24) is 9.78 Å². The molecule has 0 saturated heterocycles. The standard InChI is InChI=1S/C20H16Cl2N2O/c1-2-6-16(14-9-10-17(21)18(22)13-14)20(25)19-11-12-23-24(19)15-7-4-3-5-8-15/h2-5,7-13,16H,1,6H2. The van der Waals surface area contributed by atoms with Crippen LogP contribution in [0.5, 0.6) is 0 Å². The van der Waals surface area contributed by atoms with Gasteiger partial charge in [0, 0.05) is 0 Å². The Balaban J connectivity index is 2.01. The van der Waals surface area contributed by atoms with E-state index in [2.05, 4.69) is 11.7 Å². The molecule has 126 valence electrons. The average molecular weight is 371 g/mol. The normalized spacial score (nSPS) is 11.9. The summed E-state index contributed by atoms with van der Waals surface area (Å²) in [5.41, 5.74) is 2.16. The van der Waals surface area contributed by atoms with Crippen LogP contribution in [0.25, 0.3) is 5.69 Å². The molecule has 0 N–H and O–H groups in total. The molecule has 1 atom stereocenters. The zero-order valence-electron chi connectivity index (χ0n) is 13.4. The highest BCUT2D eigenvalue weighted by atomic mass is 35.5. The number of hydrogen-bond donors (Lipinski definition) is 0. The van der Waals surface area contributed by atoms with E-state index in [-0.39, 0.29) is 5.78 Å². The van der Waals surface area contributed by atoms with Crippen LogP contribution in [0.3, 0.4) is 0 Å². The molecule has 1 unspecified atom stereocenters. The van der Waals surface area contributed by atoms with E-state index < -0.39 is 5.92 Å². The van der Waals surface area contributed by atoms with Crippen LogP contribution in [0.15, 0.2) is 73.4 Å². The van der Waals surface area contributed by atoms with Gasteiger partial charge in [-0.05, 0) is 42.3 Å². The molecule has 3 rings (SSSR count). The van der Waals surface area contributed by atoms with Gasteiger partial charge in [0.05, 0.1) is 27.8 Å². The van der Waals surface area contributed by atoms with Crippen LogP contribution >= 0.6 is 23.2 Å². The summed E-state index contributed by atoms with van der Waals surface area (Å²) in [7, 11) is 0. The predicted molar refractivity (Wildman–Crippen MR) is 102 cm³/mol. The lowest BCUT2D eigenvalue weighted by molar-refractivity contribution is 0.0952. The molecule has 0 bridgehead atoms. The van der Waals surface area contributed by atoms with Crippen LogP contribution in [0.1, 0.15) is 28.4 Å². The first-order chi connectivity index (χ1) is 12.1. The third-order valence-electron chi connectivity index (χ3n) is 3.96. The minimum atomic E-state index is -0.397. The first-order valence-electron chi connectivity index (χ1n) is 7.81. The molecule has 1 aromatic heterocycles. The molecule has 3 aromatic rings. The highest BCUT2D eigenvalue weighted by Gasteiger charge is 2.25. The molecule has 0 aliphatic heterocycles. The van der Waals surface area contributed by atoms with Crippen molar-refractivity contribution in [3.05, 3.63) is 94.8 Å². The van der Waals surface area contributed by atoms with E-state index >= 15 is 0 Å². The summed E-state index contributed by atoms with van der Waals surface area (Å²) in [4.78, 5) is 13.2. The number of hydrogen-bond acceptors (Lipinski definition) is 2. The van der Waals surface area contributed by atoms with E-state index in [0.717, 1.165) is 11.3 Å². The maximum atomic E-state index is 13.2. The van der Waals surface area contributed by atoms with E-state index in [1.807, 2.05) is 36.4 Å². The third kappa shape index (κ3) is 3.68. The molecule has 0 radical (unpaired) electrons. The van der Waals surface area contributed by atoms with Crippen LogP contribution in [-0.4, -0.2) is 15.6 Å². The molecule has 1 heterocycles. The number of rotatable bonds is 6. The summed E-state index contributed by atoms with van der Waals surface area (Å²) in [5.74, 6) is -0.439. The minimum Gasteiger partial charge on any atom is -0.292 e. The number of aromatic nitrogens is 2. The lowest BCUT2D eigenvalue weighted by Crippen LogP contribution is -2.17. The predicted octanol–water partition coefficient (Wildman–Crippen LogP) is 5.72. The molecular formula is C20H16Cl2N2O. The highest BCUT2D eigenvalue weighted by Crippen LogP contribution is 2.31. The fraction of sp³-hybridized carbons (Fsp3) is 0.100. The number of allylic oxidation sites excluding steroid dienone is 1. The van der Waals surface area contributed by atoms with Gasteiger partial charge in [-0.25, -0.2) is 4.68 Å². The molecule has 2 aromatic carbocycles. The molecule has 0 saturated carbocycles. The van der Waals surface area contributed by atoms with Gasteiger partial charge in [0.2, 0.25) is 0 Å². The van der Waals surface area contributed by atoms with E-state index in [1.54, 1.807) is 35.2 Å². The van der Waals surface area contributed by atoms with Crippen LogP contribution in [-0.2, 0) is 0 Å².